The monoisotopic (exact) mass is 475 g/mol. The number of aromatic nitrogens is 1. The zero-order valence-corrected chi connectivity index (χ0v) is 18.1. The van der Waals surface area contributed by atoms with Crippen LogP contribution in [0.2, 0.25) is 0 Å². The van der Waals surface area contributed by atoms with E-state index in [0.717, 1.165) is 4.90 Å². The fourth-order valence-corrected chi connectivity index (χ4v) is 3.12. The van der Waals surface area contributed by atoms with Crippen molar-refractivity contribution in [1.29, 1.82) is 0 Å². The molecular formula is C22H23F6N3O2. The SMILES string of the molecule is CC(C)C(=O)N(CCNC(=O)c1cccnc1)[C@H](C)c1cc(C(F)(F)F)cc(C(F)(F)F)c1. The quantitative estimate of drug-likeness (QED) is 0.568. The lowest BCUT2D eigenvalue weighted by molar-refractivity contribution is -0.143. The average Bonchev–Trinajstić information content (AvgIpc) is 2.74. The van der Waals surface area contributed by atoms with Crippen LogP contribution in [0, 0.1) is 5.92 Å². The van der Waals surface area contributed by atoms with E-state index < -0.39 is 47.3 Å². The first kappa shape index (κ1) is 26.1. The van der Waals surface area contributed by atoms with Crippen molar-refractivity contribution >= 4 is 11.8 Å². The van der Waals surface area contributed by atoms with Gasteiger partial charge < -0.3 is 10.2 Å². The van der Waals surface area contributed by atoms with Gasteiger partial charge in [-0.3, -0.25) is 14.6 Å². The van der Waals surface area contributed by atoms with E-state index >= 15 is 0 Å². The van der Waals surface area contributed by atoms with E-state index in [9.17, 15) is 35.9 Å². The normalized spacial score (nSPS) is 13.0. The molecule has 33 heavy (non-hydrogen) atoms. The zero-order chi connectivity index (χ0) is 25.0. The van der Waals surface area contributed by atoms with Crippen LogP contribution in [-0.2, 0) is 17.1 Å². The maximum absolute atomic E-state index is 13.2. The first-order valence-electron chi connectivity index (χ1n) is 10.00. The molecule has 0 saturated carbocycles. The van der Waals surface area contributed by atoms with E-state index in [4.69, 9.17) is 0 Å². The van der Waals surface area contributed by atoms with Crippen molar-refractivity contribution in [2.45, 2.75) is 39.2 Å². The first-order valence-corrected chi connectivity index (χ1v) is 10.00. The molecule has 0 spiro atoms. The van der Waals surface area contributed by atoms with Crippen LogP contribution in [0.25, 0.3) is 0 Å². The minimum absolute atomic E-state index is 0.0406. The Balaban J connectivity index is 2.32. The molecule has 1 heterocycles. The van der Waals surface area contributed by atoms with Gasteiger partial charge in [-0.25, -0.2) is 0 Å². The van der Waals surface area contributed by atoms with Crippen molar-refractivity contribution in [1.82, 2.24) is 15.2 Å². The summed E-state index contributed by atoms with van der Waals surface area (Å²) < 4.78 is 79.4. The summed E-state index contributed by atoms with van der Waals surface area (Å²) in [4.78, 5) is 29.9. The Morgan fingerprint density at radius 1 is 1.00 bits per heavy atom. The fraction of sp³-hybridized carbons (Fsp3) is 0.409. The number of rotatable bonds is 7. The van der Waals surface area contributed by atoms with E-state index in [-0.39, 0.29) is 30.3 Å². The molecule has 0 aliphatic carbocycles. The van der Waals surface area contributed by atoms with E-state index in [1.165, 1.54) is 25.4 Å². The van der Waals surface area contributed by atoms with E-state index in [0.29, 0.717) is 12.1 Å². The second-order valence-corrected chi connectivity index (χ2v) is 7.70. The number of nitrogens with one attached hydrogen (secondary N) is 1. The van der Waals surface area contributed by atoms with Gasteiger partial charge >= 0.3 is 12.4 Å². The Labute approximate surface area is 186 Å². The minimum atomic E-state index is -5.00. The molecule has 180 valence electrons. The van der Waals surface area contributed by atoms with Gasteiger partial charge in [-0.2, -0.15) is 26.3 Å². The summed E-state index contributed by atoms with van der Waals surface area (Å²) in [6.45, 7) is 4.27. The number of amides is 2. The smallest absolute Gasteiger partial charge is 0.350 e. The molecule has 0 bridgehead atoms. The second kappa shape index (κ2) is 10.2. The highest BCUT2D eigenvalue weighted by atomic mass is 19.4. The summed E-state index contributed by atoms with van der Waals surface area (Å²) in [5.41, 5.74) is -2.97. The standard InChI is InChI=1S/C22H23F6N3O2/c1-13(2)20(33)31(8-7-30-19(32)15-5-4-6-29-12-15)14(3)16-9-17(21(23,24)25)11-18(10-16)22(26,27)28/h4-6,9-14H,7-8H2,1-3H3,(H,30,32)/t14-/m1/s1. The summed E-state index contributed by atoms with van der Waals surface area (Å²) in [6, 6.07) is 3.21. The lowest BCUT2D eigenvalue weighted by atomic mass is 9.98. The summed E-state index contributed by atoms with van der Waals surface area (Å²) in [6.07, 6.45) is -7.19. The highest BCUT2D eigenvalue weighted by Crippen LogP contribution is 2.38. The van der Waals surface area contributed by atoms with E-state index in [1.54, 1.807) is 19.9 Å². The number of halogens is 6. The number of hydrogen-bond acceptors (Lipinski definition) is 3. The summed E-state index contributed by atoms with van der Waals surface area (Å²) in [7, 11) is 0. The molecule has 0 aliphatic heterocycles. The lowest BCUT2D eigenvalue weighted by Gasteiger charge is -2.32. The molecule has 0 aliphatic rings. The second-order valence-electron chi connectivity index (χ2n) is 7.70. The summed E-state index contributed by atoms with van der Waals surface area (Å²) >= 11 is 0. The van der Waals surface area contributed by atoms with Gasteiger partial charge in [0.2, 0.25) is 5.91 Å². The van der Waals surface area contributed by atoms with Crippen LogP contribution in [0.1, 0.15) is 53.9 Å². The van der Waals surface area contributed by atoms with E-state index in [2.05, 4.69) is 10.3 Å². The van der Waals surface area contributed by atoms with Gasteiger partial charge in [0.25, 0.3) is 5.91 Å². The first-order chi connectivity index (χ1) is 15.2. The number of alkyl halides is 6. The van der Waals surface area contributed by atoms with Gasteiger partial charge in [-0.1, -0.05) is 13.8 Å². The third-order valence-corrected chi connectivity index (χ3v) is 4.90. The van der Waals surface area contributed by atoms with Crippen molar-refractivity contribution in [3.8, 4) is 0 Å². The molecule has 11 heteroatoms. The highest BCUT2D eigenvalue weighted by molar-refractivity contribution is 5.93. The topological polar surface area (TPSA) is 62.3 Å². The lowest BCUT2D eigenvalue weighted by Crippen LogP contribution is -2.42. The van der Waals surface area contributed by atoms with E-state index in [1.807, 2.05) is 0 Å². The largest absolute Gasteiger partial charge is 0.416 e. The maximum Gasteiger partial charge on any atom is 0.416 e. The molecule has 2 aromatic rings. The maximum atomic E-state index is 13.2. The number of pyridine rings is 1. The predicted octanol–water partition coefficient (Wildman–Crippen LogP) is 5.09. The highest BCUT2D eigenvalue weighted by Gasteiger charge is 2.38. The average molecular weight is 475 g/mol. The number of nitrogens with zero attached hydrogens (tertiary/aromatic N) is 2. The minimum Gasteiger partial charge on any atom is -0.350 e. The molecule has 0 radical (unpaired) electrons. The van der Waals surface area contributed by atoms with Gasteiger partial charge in [0.1, 0.15) is 0 Å². The zero-order valence-electron chi connectivity index (χ0n) is 18.1. The van der Waals surface area contributed by atoms with Crippen molar-refractivity contribution < 1.29 is 35.9 Å². The van der Waals surface area contributed by atoms with Crippen molar-refractivity contribution in [3.63, 3.8) is 0 Å². The summed E-state index contributed by atoms with van der Waals surface area (Å²) in [5.74, 6) is -1.54. The van der Waals surface area contributed by atoms with Crippen LogP contribution >= 0.6 is 0 Å². The fourth-order valence-electron chi connectivity index (χ4n) is 3.12. The third kappa shape index (κ3) is 6.93. The van der Waals surface area contributed by atoms with Gasteiger partial charge in [0.05, 0.1) is 22.7 Å². The molecule has 0 saturated heterocycles. The molecule has 1 aromatic heterocycles. The molecule has 5 nitrogen and oxygen atoms in total. The van der Waals surface area contributed by atoms with Gasteiger partial charge in [0, 0.05) is 31.4 Å². The Kier molecular flexibility index (Phi) is 8.10. The van der Waals surface area contributed by atoms with Crippen LogP contribution in [0.15, 0.2) is 42.7 Å². The molecule has 2 amide bonds. The van der Waals surface area contributed by atoms with Crippen LogP contribution in [0.5, 0.6) is 0 Å². The van der Waals surface area contributed by atoms with Crippen molar-refractivity contribution in [2.75, 3.05) is 13.1 Å². The van der Waals surface area contributed by atoms with Crippen LogP contribution < -0.4 is 5.32 Å². The summed E-state index contributed by atoms with van der Waals surface area (Å²) in [5, 5.41) is 2.57. The van der Waals surface area contributed by atoms with Crippen LogP contribution in [-0.4, -0.2) is 34.8 Å². The molecule has 0 unspecified atom stereocenters. The number of carbonyl (C=O) groups is 2. The third-order valence-electron chi connectivity index (χ3n) is 4.90. The molecular weight excluding hydrogens is 452 g/mol. The predicted molar refractivity (Wildman–Crippen MR) is 108 cm³/mol. The van der Waals surface area contributed by atoms with Gasteiger partial charge in [-0.05, 0) is 42.8 Å². The molecule has 1 aromatic carbocycles. The number of benzene rings is 1. The van der Waals surface area contributed by atoms with Crippen LogP contribution in [0.3, 0.4) is 0 Å². The van der Waals surface area contributed by atoms with Gasteiger partial charge in [0.15, 0.2) is 0 Å². The van der Waals surface area contributed by atoms with Crippen molar-refractivity contribution in [2.24, 2.45) is 5.92 Å². The molecule has 1 atom stereocenters. The molecule has 0 fully saturated rings. The Bertz CT molecular complexity index is 942. The molecule has 1 N–H and O–H groups in total. The Morgan fingerprint density at radius 3 is 2.03 bits per heavy atom. The number of carbonyl (C=O) groups excluding carboxylic acids is 2. The van der Waals surface area contributed by atoms with Crippen molar-refractivity contribution in [3.05, 3.63) is 65.0 Å². The van der Waals surface area contributed by atoms with Crippen LogP contribution in [0.4, 0.5) is 26.3 Å². The Hall–Kier alpha value is -3.11. The van der Waals surface area contributed by atoms with Gasteiger partial charge in [-0.15, -0.1) is 0 Å². The molecule has 2 rings (SSSR count). The Morgan fingerprint density at radius 2 is 1.58 bits per heavy atom. The number of hydrogen-bond donors (Lipinski definition) is 1.